The van der Waals surface area contributed by atoms with Crippen molar-refractivity contribution in [3.63, 3.8) is 0 Å². The Morgan fingerprint density at radius 3 is 1.97 bits per heavy atom. The summed E-state index contributed by atoms with van der Waals surface area (Å²) >= 11 is 0. The van der Waals surface area contributed by atoms with Gasteiger partial charge in [0.1, 0.15) is 6.10 Å². The number of hydrogen-bond acceptors (Lipinski definition) is 2. The molecule has 0 bridgehead atoms. The highest BCUT2D eigenvalue weighted by Gasteiger charge is 2.31. The lowest BCUT2D eigenvalue weighted by Crippen LogP contribution is -2.27. The molecule has 0 radical (unpaired) electrons. The highest BCUT2D eigenvalue weighted by atomic mass is 32.2. The Hall–Kier alpha value is -3.10. The molecule has 0 aromatic heterocycles. The van der Waals surface area contributed by atoms with Crippen LogP contribution in [0.1, 0.15) is 17.2 Å². The first-order chi connectivity index (χ1) is 17.1. The van der Waals surface area contributed by atoms with Gasteiger partial charge in [-0.1, -0.05) is 121 Å². The maximum absolute atomic E-state index is 13.5. The average Bonchev–Trinajstić information content (AvgIpc) is 3.40. The Bertz CT molecular complexity index is 1340. The van der Waals surface area contributed by atoms with Gasteiger partial charge in [0.25, 0.3) is 0 Å². The van der Waals surface area contributed by atoms with Gasteiger partial charge in [-0.2, -0.15) is 0 Å². The third kappa shape index (κ3) is 4.99. The predicted octanol–water partition coefficient (Wildman–Crippen LogP) is 5.46. The number of aryl methyl sites for hydroxylation is 1. The largest absolute Gasteiger partial charge is 0.384 e. The van der Waals surface area contributed by atoms with Crippen molar-refractivity contribution in [2.45, 2.75) is 23.2 Å². The first-order valence-electron chi connectivity index (χ1n) is 11.7. The van der Waals surface area contributed by atoms with Crippen LogP contribution in [0.4, 0.5) is 0 Å². The Balaban J connectivity index is 1.54. The molecule has 1 aliphatic rings. The van der Waals surface area contributed by atoms with E-state index in [1.165, 1.54) is 10.6 Å². The molecular formula is C31H27O2PS. The molecule has 2 nitrogen and oxygen atoms in total. The van der Waals surface area contributed by atoms with Crippen LogP contribution in [-0.2, 0) is 10.8 Å². The van der Waals surface area contributed by atoms with Gasteiger partial charge in [-0.15, -0.1) is 0 Å². The molecule has 5 rings (SSSR count). The van der Waals surface area contributed by atoms with E-state index in [1.807, 2.05) is 79.7 Å². The number of rotatable bonds is 7. The smallest absolute Gasteiger partial charge is 0.102 e. The zero-order valence-electron chi connectivity index (χ0n) is 19.5. The molecule has 35 heavy (non-hydrogen) atoms. The van der Waals surface area contributed by atoms with Gasteiger partial charge in [-0.25, -0.2) is 0 Å². The molecule has 0 spiro atoms. The molecule has 0 fully saturated rings. The minimum absolute atomic E-state index is 0.361. The topological polar surface area (TPSA) is 37.3 Å². The molecule has 4 heteroatoms. The number of aliphatic hydroxyl groups is 1. The van der Waals surface area contributed by atoms with Crippen molar-refractivity contribution < 1.29 is 9.32 Å². The first kappa shape index (κ1) is 23.6. The van der Waals surface area contributed by atoms with E-state index in [2.05, 4.69) is 54.6 Å². The van der Waals surface area contributed by atoms with E-state index in [9.17, 15) is 9.32 Å². The van der Waals surface area contributed by atoms with Gasteiger partial charge < -0.3 is 5.11 Å². The highest BCUT2D eigenvalue weighted by molar-refractivity contribution is 7.86. The van der Waals surface area contributed by atoms with E-state index < -0.39 is 24.8 Å². The Kier molecular flexibility index (Phi) is 7.20. The molecule has 1 N–H and O–H groups in total. The van der Waals surface area contributed by atoms with Gasteiger partial charge in [0, 0.05) is 4.90 Å². The molecule has 0 saturated heterocycles. The van der Waals surface area contributed by atoms with Crippen molar-refractivity contribution >= 4 is 34.6 Å². The standard InChI is InChI=1S/C31H27O2PS/c1-23-19-21-26(22-20-23)35(33)30-18-10-16-28(30)31(32)27-15-8-9-17-29(27)34(24-11-4-2-5-12-24)25-13-6-3-7-14-25/h2-22,30-32H,1H3/t30?,31-,35?/m0/s1. The van der Waals surface area contributed by atoms with Gasteiger partial charge in [-0.05, 0) is 54.0 Å². The number of benzene rings is 4. The quantitative estimate of drug-likeness (QED) is 0.347. The van der Waals surface area contributed by atoms with Crippen LogP contribution in [0.2, 0.25) is 0 Å². The molecule has 0 aliphatic heterocycles. The fourth-order valence-corrected chi connectivity index (χ4v) is 8.29. The van der Waals surface area contributed by atoms with Gasteiger partial charge >= 0.3 is 0 Å². The summed E-state index contributed by atoms with van der Waals surface area (Å²) in [5.74, 6) is 0. The summed E-state index contributed by atoms with van der Waals surface area (Å²) in [6.07, 6.45) is 4.92. The van der Waals surface area contributed by atoms with E-state index in [0.717, 1.165) is 26.9 Å². The van der Waals surface area contributed by atoms with Gasteiger partial charge in [0.2, 0.25) is 0 Å². The van der Waals surface area contributed by atoms with Crippen molar-refractivity contribution in [2.24, 2.45) is 0 Å². The van der Waals surface area contributed by atoms with Gasteiger partial charge in [0.15, 0.2) is 0 Å². The molecule has 0 saturated carbocycles. The molecule has 174 valence electrons. The van der Waals surface area contributed by atoms with E-state index in [0.29, 0.717) is 0 Å². The monoisotopic (exact) mass is 494 g/mol. The van der Waals surface area contributed by atoms with Crippen LogP contribution in [0, 0.1) is 6.92 Å². The highest BCUT2D eigenvalue weighted by Crippen LogP contribution is 2.39. The molecule has 0 heterocycles. The van der Waals surface area contributed by atoms with E-state index in [4.69, 9.17) is 0 Å². The van der Waals surface area contributed by atoms with E-state index in [-0.39, 0.29) is 5.25 Å². The minimum atomic E-state index is -1.29. The van der Waals surface area contributed by atoms with Crippen LogP contribution in [0.15, 0.2) is 138 Å². The van der Waals surface area contributed by atoms with E-state index in [1.54, 1.807) is 0 Å². The molecule has 3 atom stereocenters. The fraction of sp³-hybridized carbons (Fsp3) is 0.0968. The minimum Gasteiger partial charge on any atom is -0.384 e. The third-order valence-corrected chi connectivity index (χ3v) is 10.3. The summed E-state index contributed by atoms with van der Waals surface area (Å²) in [7, 11) is -2.16. The third-order valence-electron chi connectivity index (χ3n) is 6.20. The van der Waals surface area contributed by atoms with Gasteiger partial charge in [0.05, 0.1) is 16.0 Å². The second-order valence-corrected chi connectivity index (χ2v) is 12.3. The molecule has 4 aromatic rings. The Labute approximate surface area is 210 Å². The Morgan fingerprint density at radius 1 is 0.771 bits per heavy atom. The zero-order valence-corrected chi connectivity index (χ0v) is 21.2. The van der Waals surface area contributed by atoms with Crippen LogP contribution < -0.4 is 15.9 Å². The van der Waals surface area contributed by atoms with Crippen molar-refractivity contribution in [1.29, 1.82) is 0 Å². The van der Waals surface area contributed by atoms with Crippen LogP contribution in [0.3, 0.4) is 0 Å². The summed E-state index contributed by atoms with van der Waals surface area (Å²) in [5, 5.41) is 14.9. The van der Waals surface area contributed by atoms with Crippen LogP contribution in [0.25, 0.3) is 0 Å². The maximum Gasteiger partial charge on any atom is 0.102 e. The lowest BCUT2D eigenvalue weighted by Gasteiger charge is -2.26. The maximum atomic E-state index is 13.5. The average molecular weight is 495 g/mol. The molecule has 1 aliphatic carbocycles. The molecule has 0 amide bonds. The molecular weight excluding hydrogens is 467 g/mol. The van der Waals surface area contributed by atoms with Crippen molar-refractivity contribution in [3.05, 3.63) is 144 Å². The van der Waals surface area contributed by atoms with E-state index >= 15 is 0 Å². The summed E-state index contributed by atoms with van der Waals surface area (Å²) in [4.78, 5) is 0.773. The van der Waals surface area contributed by atoms with Crippen molar-refractivity contribution in [1.82, 2.24) is 0 Å². The second kappa shape index (κ2) is 10.7. The fourth-order valence-electron chi connectivity index (χ4n) is 4.42. The predicted molar refractivity (Wildman–Crippen MR) is 149 cm³/mol. The van der Waals surface area contributed by atoms with Crippen LogP contribution in [-0.4, -0.2) is 14.6 Å². The summed E-state index contributed by atoms with van der Waals surface area (Å²) < 4.78 is 13.5. The molecule has 4 aromatic carbocycles. The van der Waals surface area contributed by atoms with Crippen LogP contribution >= 0.6 is 7.92 Å². The first-order valence-corrected chi connectivity index (χ1v) is 14.2. The molecule has 2 unspecified atom stereocenters. The normalized spacial score (nSPS) is 16.8. The number of aliphatic hydroxyl groups excluding tert-OH is 1. The summed E-state index contributed by atoms with van der Waals surface area (Å²) in [6.45, 7) is 2.02. The van der Waals surface area contributed by atoms with Crippen LogP contribution in [0.5, 0.6) is 0 Å². The second-order valence-electron chi connectivity index (χ2n) is 8.55. The van der Waals surface area contributed by atoms with Crippen molar-refractivity contribution in [3.8, 4) is 0 Å². The zero-order chi connectivity index (χ0) is 24.2. The SMILES string of the molecule is Cc1ccc(S(=O)C2C=CC=C2[C@@H](O)c2ccccc2P(c2ccccc2)c2ccccc2)cc1. The number of hydrogen-bond donors (Lipinski definition) is 1. The summed E-state index contributed by atoms with van der Waals surface area (Å²) in [6, 6.07) is 36.9. The number of allylic oxidation sites excluding steroid dienone is 2. The van der Waals surface area contributed by atoms with Crippen molar-refractivity contribution in [2.75, 3.05) is 0 Å². The summed E-state index contributed by atoms with van der Waals surface area (Å²) in [5.41, 5.74) is 2.77. The lowest BCUT2D eigenvalue weighted by molar-refractivity contribution is 0.215. The van der Waals surface area contributed by atoms with Gasteiger partial charge in [-0.3, -0.25) is 4.21 Å². The Morgan fingerprint density at radius 2 is 1.34 bits per heavy atom. The lowest BCUT2D eigenvalue weighted by atomic mass is 10.0.